The molecule has 0 aliphatic carbocycles. The zero-order valence-electron chi connectivity index (χ0n) is 13.8. The predicted molar refractivity (Wildman–Crippen MR) is 92.7 cm³/mol. The van der Waals surface area contributed by atoms with Crippen LogP contribution in [0.1, 0.15) is 12.6 Å². The lowest BCUT2D eigenvalue weighted by molar-refractivity contribution is 0.250. The Kier molecular flexibility index (Phi) is 5.18. The second-order valence-electron chi connectivity index (χ2n) is 5.89. The number of aromatic nitrogens is 3. The van der Waals surface area contributed by atoms with Crippen molar-refractivity contribution in [3.8, 4) is 6.07 Å². The molecule has 1 N–H and O–H groups in total. The Balaban J connectivity index is 1.50. The van der Waals surface area contributed by atoms with Crippen LogP contribution in [-0.4, -0.2) is 58.6 Å². The maximum atomic E-state index is 9.08. The Morgan fingerprint density at radius 3 is 2.62 bits per heavy atom. The summed E-state index contributed by atoms with van der Waals surface area (Å²) in [4.78, 5) is 17.4. The maximum absolute atomic E-state index is 9.08. The van der Waals surface area contributed by atoms with Crippen molar-refractivity contribution < 1.29 is 0 Å². The van der Waals surface area contributed by atoms with E-state index >= 15 is 0 Å². The predicted octanol–water partition coefficient (Wildman–Crippen LogP) is 1.37. The highest BCUT2D eigenvalue weighted by molar-refractivity contribution is 5.47. The minimum absolute atomic E-state index is 0.190. The Morgan fingerprint density at radius 1 is 1.12 bits per heavy atom. The molecule has 0 bridgehead atoms. The molecule has 7 heteroatoms. The number of pyridine rings is 1. The van der Waals surface area contributed by atoms with Gasteiger partial charge in [0.1, 0.15) is 11.9 Å². The van der Waals surface area contributed by atoms with E-state index in [1.54, 1.807) is 6.20 Å². The van der Waals surface area contributed by atoms with Crippen LogP contribution in [0.15, 0.2) is 36.8 Å². The molecule has 1 aliphatic rings. The van der Waals surface area contributed by atoms with Crippen molar-refractivity contribution in [2.75, 3.05) is 42.9 Å². The first-order valence-corrected chi connectivity index (χ1v) is 8.12. The van der Waals surface area contributed by atoms with Gasteiger partial charge >= 0.3 is 0 Å². The van der Waals surface area contributed by atoms with Crippen molar-refractivity contribution in [1.29, 1.82) is 5.26 Å². The third-order valence-electron chi connectivity index (χ3n) is 4.06. The van der Waals surface area contributed by atoms with Crippen LogP contribution in [0.2, 0.25) is 0 Å². The first-order chi connectivity index (χ1) is 11.8. The normalized spacial score (nSPS) is 16.4. The van der Waals surface area contributed by atoms with Crippen LogP contribution < -0.4 is 10.2 Å². The van der Waals surface area contributed by atoms with Gasteiger partial charge in [-0.2, -0.15) is 5.26 Å². The lowest BCUT2D eigenvalue weighted by atomic mass is 10.2. The highest BCUT2D eigenvalue weighted by atomic mass is 15.3. The van der Waals surface area contributed by atoms with Gasteiger partial charge in [0.05, 0.1) is 0 Å². The van der Waals surface area contributed by atoms with Gasteiger partial charge in [0.25, 0.3) is 0 Å². The summed E-state index contributed by atoms with van der Waals surface area (Å²) in [5, 5.41) is 12.4. The van der Waals surface area contributed by atoms with Crippen LogP contribution in [0.25, 0.3) is 0 Å². The van der Waals surface area contributed by atoms with E-state index in [1.165, 1.54) is 6.20 Å². The molecule has 0 amide bonds. The van der Waals surface area contributed by atoms with Gasteiger partial charge in [-0.3, -0.25) is 4.90 Å². The van der Waals surface area contributed by atoms with Crippen molar-refractivity contribution in [3.05, 3.63) is 42.5 Å². The monoisotopic (exact) mass is 323 g/mol. The van der Waals surface area contributed by atoms with Gasteiger partial charge in [0, 0.05) is 57.4 Å². The van der Waals surface area contributed by atoms with E-state index in [0.717, 1.165) is 38.5 Å². The standard InChI is InChI=1S/C17H21N7/c1-14(22-17-15(12-18)19-6-7-21-17)13-23-8-10-24(11-9-23)16-4-2-3-5-20-16/h2-7,14H,8-11,13H2,1H3,(H,21,22). The number of hydrogen-bond donors (Lipinski definition) is 1. The van der Waals surface area contributed by atoms with Crippen LogP contribution in [0.5, 0.6) is 0 Å². The van der Waals surface area contributed by atoms with Gasteiger partial charge in [-0.25, -0.2) is 15.0 Å². The molecular formula is C17H21N7. The fraction of sp³-hybridized carbons (Fsp3) is 0.412. The summed E-state index contributed by atoms with van der Waals surface area (Å²) in [6, 6.07) is 8.27. The summed E-state index contributed by atoms with van der Waals surface area (Å²) in [5.74, 6) is 1.60. The average Bonchev–Trinajstić information content (AvgIpc) is 2.63. The van der Waals surface area contributed by atoms with E-state index in [2.05, 4.69) is 49.1 Å². The molecule has 0 saturated carbocycles. The molecule has 1 fully saturated rings. The van der Waals surface area contributed by atoms with Gasteiger partial charge in [-0.1, -0.05) is 6.07 Å². The fourth-order valence-corrected chi connectivity index (χ4v) is 2.89. The molecular weight excluding hydrogens is 302 g/mol. The smallest absolute Gasteiger partial charge is 0.182 e. The van der Waals surface area contributed by atoms with Crippen molar-refractivity contribution in [2.24, 2.45) is 0 Å². The topological polar surface area (TPSA) is 81.0 Å². The van der Waals surface area contributed by atoms with Crippen LogP contribution >= 0.6 is 0 Å². The van der Waals surface area contributed by atoms with E-state index < -0.39 is 0 Å². The van der Waals surface area contributed by atoms with Gasteiger partial charge in [-0.15, -0.1) is 0 Å². The summed E-state index contributed by atoms with van der Waals surface area (Å²) in [6.07, 6.45) is 4.97. The lowest BCUT2D eigenvalue weighted by Gasteiger charge is -2.36. The van der Waals surface area contributed by atoms with Crippen LogP contribution in [0.4, 0.5) is 11.6 Å². The molecule has 3 heterocycles. The van der Waals surface area contributed by atoms with Gasteiger partial charge in [0.2, 0.25) is 0 Å². The summed E-state index contributed by atoms with van der Waals surface area (Å²) in [6.45, 7) is 6.93. The summed E-state index contributed by atoms with van der Waals surface area (Å²) < 4.78 is 0. The number of hydrogen-bond acceptors (Lipinski definition) is 7. The number of piperazine rings is 1. The summed E-state index contributed by atoms with van der Waals surface area (Å²) >= 11 is 0. The highest BCUT2D eigenvalue weighted by Crippen LogP contribution is 2.14. The molecule has 24 heavy (non-hydrogen) atoms. The quantitative estimate of drug-likeness (QED) is 0.890. The van der Waals surface area contributed by atoms with E-state index in [1.807, 2.05) is 18.3 Å². The highest BCUT2D eigenvalue weighted by Gasteiger charge is 2.19. The van der Waals surface area contributed by atoms with Crippen LogP contribution in [0, 0.1) is 11.3 Å². The molecule has 0 aromatic carbocycles. The largest absolute Gasteiger partial charge is 0.364 e. The first kappa shape index (κ1) is 16.1. The molecule has 1 unspecified atom stereocenters. The Labute approximate surface area is 142 Å². The zero-order valence-corrected chi connectivity index (χ0v) is 13.8. The molecule has 1 atom stereocenters. The molecule has 2 aromatic heterocycles. The molecule has 0 radical (unpaired) electrons. The maximum Gasteiger partial charge on any atom is 0.182 e. The van der Waals surface area contributed by atoms with Gasteiger partial charge in [-0.05, 0) is 19.1 Å². The molecule has 2 aromatic rings. The number of nitriles is 1. The Bertz CT molecular complexity index is 690. The van der Waals surface area contributed by atoms with Crippen molar-refractivity contribution in [3.63, 3.8) is 0 Å². The van der Waals surface area contributed by atoms with Gasteiger partial charge in [0.15, 0.2) is 11.5 Å². The lowest BCUT2D eigenvalue weighted by Crippen LogP contribution is -2.49. The first-order valence-electron chi connectivity index (χ1n) is 8.12. The Morgan fingerprint density at radius 2 is 1.92 bits per heavy atom. The van der Waals surface area contributed by atoms with Crippen molar-refractivity contribution >= 4 is 11.6 Å². The zero-order chi connectivity index (χ0) is 16.8. The minimum atomic E-state index is 0.190. The van der Waals surface area contributed by atoms with Crippen LogP contribution in [-0.2, 0) is 0 Å². The van der Waals surface area contributed by atoms with Crippen molar-refractivity contribution in [1.82, 2.24) is 19.9 Å². The third-order valence-corrected chi connectivity index (χ3v) is 4.06. The van der Waals surface area contributed by atoms with E-state index in [4.69, 9.17) is 5.26 Å². The second-order valence-corrected chi connectivity index (χ2v) is 5.89. The van der Waals surface area contributed by atoms with E-state index in [-0.39, 0.29) is 6.04 Å². The second kappa shape index (κ2) is 7.70. The summed E-state index contributed by atoms with van der Waals surface area (Å²) in [5.41, 5.74) is 0.337. The van der Waals surface area contributed by atoms with E-state index in [0.29, 0.717) is 11.5 Å². The van der Waals surface area contributed by atoms with Gasteiger partial charge < -0.3 is 10.2 Å². The number of nitrogens with one attached hydrogen (secondary N) is 1. The van der Waals surface area contributed by atoms with Crippen molar-refractivity contribution in [2.45, 2.75) is 13.0 Å². The third kappa shape index (κ3) is 3.97. The summed E-state index contributed by atoms with van der Waals surface area (Å²) in [7, 11) is 0. The molecule has 0 spiro atoms. The molecule has 124 valence electrons. The minimum Gasteiger partial charge on any atom is -0.364 e. The number of rotatable bonds is 5. The molecule has 3 rings (SSSR count). The Hall–Kier alpha value is -2.72. The number of nitrogens with zero attached hydrogens (tertiary/aromatic N) is 6. The SMILES string of the molecule is CC(CN1CCN(c2ccccn2)CC1)Nc1nccnc1C#N. The molecule has 1 saturated heterocycles. The molecule has 7 nitrogen and oxygen atoms in total. The molecule has 1 aliphatic heterocycles. The van der Waals surface area contributed by atoms with Crippen LogP contribution in [0.3, 0.4) is 0 Å². The fourth-order valence-electron chi connectivity index (χ4n) is 2.89. The average molecular weight is 323 g/mol. The number of anilines is 2. The van der Waals surface area contributed by atoms with E-state index in [9.17, 15) is 0 Å².